The molecule has 0 radical (unpaired) electrons. The van der Waals surface area contributed by atoms with E-state index in [1.165, 1.54) is 12.1 Å². The lowest BCUT2D eigenvalue weighted by Gasteiger charge is -2.02. The molecule has 0 saturated carbocycles. The molecule has 0 aliphatic rings. The van der Waals surface area contributed by atoms with E-state index in [1.807, 2.05) is 0 Å². The molecule has 0 bridgehead atoms. The summed E-state index contributed by atoms with van der Waals surface area (Å²) in [7, 11) is 0. The van der Waals surface area contributed by atoms with E-state index in [0.29, 0.717) is 12.2 Å². The molecule has 0 saturated heterocycles. The monoisotopic (exact) mass is 297 g/mol. The molecule has 1 heterocycles. The zero-order valence-corrected chi connectivity index (χ0v) is 11.3. The lowest BCUT2D eigenvalue weighted by atomic mass is 10.2. The molecule has 8 heteroatoms. The number of nitrogens with zero attached hydrogens (tertiary/aromatic N) is 3. The molecule has 2 rings (SSSR count). The van der Waals surface area contributed by atoms with E-state index < -0.39 is 5.82 Å². The van der Waals surface area contributed by atoms with Crippen LogP contribution >= 0.6 is 11.6 Å². The van der Waals surface area contributed by atoms with Gasteiger partial charge < -0.3 is 11.1 Å². The summed E-state index contributed by atoms with van der Waals surface area (Å²) >= 11 is 5.71. The Morgan fingerprint density at radius 1 is 1.50 bits per heavy atom. The van der Waals surface area contributed by atoms with Crippen LogP contribution in [0.1, 0.15) is 11.3 Å². The number of nitrogens with two attached hydrogens (primary N) is 1. The molecule has 3 N–H and O–H groups in total. The van der Waals surface area contributed by atoms with E-state index in [-0.39, 0.29) is 24.0 Å². The minimum atomic E-state index is -0.459. The maximum atomic E-state index is 13.0. The second kappa shape index (κ2) is 6.44. The molecule has 0 aliphatic heterocycles. The number of hydrogen-bond acceptors (Lipinski definition) is 4. The molecule has 6 nitrogen and oxygen atoms in total. The van der Waals surface area contributed by atoms with Crippen molar-refractivity contribution in [2.45, 2.75) is 13.1 Å². The van der Waals surface area contributed by atoms with Crippen LogP contribution in [0.5, 0.6) is 0 Å². The highest BCUT2D eigenvalue weighted by Gasteiger charge is 2.05. The van der Waals surface area contributed by atoms with Gasteiger partial charge in [-0.15, -0.1) is 5.10 Å². The molecule has 1 aromatic carbocycles. The fraction of sp³-hybridized carbons (Fsp3) is 0.250. The van der Waals surface area contributed by atoms with Crippen LogP contribution in [0, 0.1) is 5.82 Å². The molecule has 2 aromatic rings. The van der Waals surface area contributed by atoms with Crippen LogP contribution in [0.2, 0.25) is 5.02 Å². The second-order valence-electron chi connectivity index (χ2n) is 4.14. The summed E-state index contributed by atoms with van der Waals surface area (Å²) in [6.45, 7) is 0.611. The van der Waals surface area contributed by atoms with Gasteiger partial charge >= 0.3 is 0 Å². The third kappa shape index (κ3) is 3.75. The van der Waals surface area contributed by atoms with E-state index in [2.05, 4.69) is 15.6 Å². The van der Waals surface area contributed by atoms with Crippen molar-refractivity contribution in [2.75, 3.05) is 6.54 Å². The number of rotatable bonds is 5. The highest BCUT2D eigenvalue weighted by Crippen LogP contribution is 2.16. The van der Waals surface area contributed by atoms with Crippen molar-refractivity contribution < 1.29 is 9.18 Å². The fourth-order valence-corrected chi connectivity index (χ4v) is 1.79. The number of benzene rings is 1. The Balaban J connectivity index is 1.98. The molecule has 0 atom stereocenters. The SMILES string of the molecule is NCC(=O)NCc1cn(Cc2ccc(F)c(Cl)c2)nn1. The van der Waals surface area contributed by atoms with Crippen LogP contribution in [0.3, 0.4) is 0 Å². The van der Waals surface area contributed by atoms with Crippen molar-refractivity contribution in [2.24, 2.45) is 5.73 Å². The molecule has 1 amide bonds. The number of carbonyl (C=O) groups is 1. The first-order valence-corrected chi connectivity index (χ1v) is 6.26. The van der Waals surface area contributed by atoms with E-state index in [0.717, 1.165) is 5.56 Å². The average Bonchev–Trinajstić information content (AvgIpc) is 2.88. The number of carbonyl (C=O) groups excluding carboxylic acids is 1. The minimum Gasteiger partial charge on any atom is -0.349 e. The Hall–Kier alpha value is -1.99. The zero-order valence-electron chi connectivity index (χ0n) is 10.5. The average molecular weight is 298 g/mol. The van der Waals surface area contributed by atoms with Gasteiger partial charge in [0.1, 0.15) is 11.5 Å². The van der Waals surface area contributed by atoms with Crippen LogP contribution in [0.25, 0.3) is 0 Å². The minimum absolute atomic E-state index is 0.0672. The third-order valence-electron chi connectivity index (χ3n) is 2.57. The van der Waals surface area contributed by atoms with Gasteiger partial charge in [-0.1, -0.05) is 22.9 Å². The first-order valence-electron chi connectivity index (χ1n) is 5.88. The largest absolute Gasteiger partial charge is 0.349 e. The lowest BCUT2D eigenvalue weighted by Crippen LogP contribution is -2.29. The maximum Gasteiger partial charge on any atom is 0.234 e. The number of amides is 1. The van der Waals surface area contributed by atoms with Crippen LogP contribution < -0.4 is 11.1 Å². The Kier molecular flexibility index (Phi) is 4.65. The Morgan fingerprint density at radius 2 is 2.30 bits per heavy atom. The number of aromatic nitrogens is 3. The molecule has 0 fully saturated rings. The van der Waals surface area contributed by atoms with Gasteiger partial charge in [-0.3, -0.25) is 4.79 Å². The summed E-state index contributed by atoms with van der Waals surface area (Å²) < 4.78 is 14.6. The van der Waals surface area contributed by atoms with Gasteiger partial charge in [0.15, 0.2) is 0 Å². The first kappa shape index (κ1) is 14.4. The molecular weight excluding hydrogens is 285 g/mol. The second-order valence-corrected chi connectivity index (χ2v) is 4.54. The summed E-state index contributed by atoms with van der Waals surface area (Å²) in [5, 5.41) is 10.5. The molecular formula is C12H13ClFN5O. The topological polar surface area (TPSA) is 85.8 Å². The van der Waals surface area contributed by atoms with E-state index in [4.69, 9.17) is 17.3 Å². The standard InChI is InChI=1S/C12H13ClFN5O/c13-10-3-8(1-2-11(10)14)6-19-7-9(17-18-19)5-16-12(20)4-15/h1-3,7H,4-6,15H2,(H,16,20). The number of nitrogens with one attached hydrogen (secondary N) is 1. The van der Waals surface area contributed by atoms with Crippen molar-refractivity contribution >= 4 is 17.5 Å². The van der Waals surface area contributed by atoms with Crippen molar-refractivity contribution in [1.29, 1.82) is 0 Å². The van der Waals surface area contributed by atoms with Crippen LogP contribution in [-0.2, 0) is 17.9 Å². The molecule has 0 spiro atoms. The van der Waals surface area contributed by atoms with E-state index in [9.17, 15) is 9.18 Å². The molecule has 1 aromatic heterocycles. The van der Waals surface area contributed by atoms with Crippen molar-refractivity contribution in [3.8, 4) is 0 Å². The third-order valence-corrected chi connectivity index (χ3v) is 2.86. The van der Waals surface area contributed by atoms with Gasteiger partial charge in [-0.05, 0) is 17.7 Å². The predicted octanol–water partition coefficient (Wildman–Crippen LogP) is 0.694. The normalized spacial score (nSPS) is 10.6. The highest BCUT2D eigenvalue weighted by molar-refractivity contribution is 6.30. The highest BCUT2D eigenvalue weighted by atomic mass is 35.5. The van der Waals surface area contributed by atoms with E-state index >= 15 is 0 Å². The quantitative estimate of drug-likeness (QED) is 0.850. The van der Waals surface area contributed by atoms with Gasteiger partial charge in [0.2, 0.25) is 5.91 Å². The Bertz CT molecular complexity index is 616. The van der Waals surface area contributed by atoms with Crippen molar-refractivity contribution in [1.82, 2.24) is 20.3 Å². The van der Waals surface area contributed by atoms with Gasteiger partial charge in [0, 0.05) is 0 Å². The summed E-state index contributed by atoms with van der Waals surface area (Å²) in [5.41, 5.74) is 6.59. The summed E-state index contributed by atoms with van der Waals surface area (Å²) in [5.74, 6) is -0.718. The van der Waals surface area contributed by atoms with Crippen LogP contribution in [0.15, 0.2) is 24.4 Å². The summed E-state index contributed by atoms with van der Waals surface area (Å²) in [6, 6.07) is 4.46. The lowest BCUT2D eigenvalue weighted by molar-refractivity contribution is -0.119. The number of hydrogen-bond donors (Lipinski definition) is 2. The predicted molar refractivity (Wildman–Crippen MR) is 71.4 cm³/mol. The van der Waals surface area contributed by atoms with Crippen molar-refractivity contribution in [3.05, 3.63) is 46.5 Å². The Labute approximate surface area is 119 Å². The van der Waals surface area contributed by atoms with Crippen molar-refractivity contribution in [3.63, 3.8) is 0 Å². The number of halogens is 2. The Morgan fingerprint density at radius 3 is 3.00 bits per heavy atom. The van der Waals surface area contributed by atoms with Gasteiger partial charge in [-0.2, -0.15) is 0 Å². The summed E-state index contributed by atoms with van der Waals surface area (Å²) in [4.78, 5) is 11.0. The van der Waals surface area contributed by atoms with Crippen LogP contribution in [-0.4, -0.2) is 27.4 Å². The van der Waals surface area contributed by atoms with E-state index in [1.54, 1.807) is 16.9 Å². The first-order chi connectivity index (χ1) is 9.58. The molecule has 20 heavy (non-hydrogen) atoms. The zero-order chi connectivity index (χ0) is 14.5. The van der Waals surface area contributed by atoms with Gasteiger partial charge in [0.25, 0.3) is 0 Å². The van der Waals surface area contributed by atoms with Crippen LogP contribution in [0.4, 0.5) is 4.39 Å². The fourth-order valence-electron chi connectivity index (χ4n) is 1.58. The molecule has 0 unspecified atom stereocenters. The summed E-state index contributed by atoms with van der Waals surface area (Å²) in [6.07, 6.45) is 1.69. The maximum absolute atomic E-state index is 13.0. The molecule has 0 aliphatic carbocycles. The molecule has 106 valence electrons. The van der Waals surface area contributed by atoms with Gasteiger partial charge in [-0.25, -0.2) is 9.07 Å². The van der Waals surface area contributed by atoms with Gasteiger partial charge in [0.05, 0.1) is 30.9 Å². The smallest absolute Gasteiger partial charge is 0.234 e.